The smallest absolute Gasteiger partial charge is 0.257 e. The largest absolute Gasteiger partial charge is 0.336 e. The first-order valence-corrected chi connectivity index (χ1v) is 9.30. The van der Waals surface area contributed by atoms with Crippen molar-refractivity contribution in [3.63, 3.8) is 0 Å². The first-order chi connectivity index (χ1) is 12.4. The lowest BCUT2D eigenvalue weighted by Gasteiger charge is -2.18. The van der Waals surface area contributed by atoms with Gasteiger partial charge in [-0.15, -0.1) is 0 Å². The molecule has 0 fully saturated rings. The van der Waals surface area contributed by atoms with Crippen LogP contribution in [-0.2, 0) is 13.1 Å². The highest BCUT2D eigenvalue weighted by Gasteiger charge is 2.23. The van der Waals surface area contributed by atoms with Crippen LogP contribution in [0.4, 0.5) is 0 Å². The number of benzene rings is 1. The maximum Gasteiger partial charge on any atom is 0.257 e. The van der Waals surface area contributed by atoms with Crippen LogP contribution in [0.5, 0.6) is 0 Å². The van der Waals surface area contributed by atoms with Crippen LogP contribution >= 0.6 is 15.9 Å². The molecule has 0 radical (unpaired) electrons. The van der Waals surface area contributed by atoms with Crippen molar-refractivity contribution in [2.75, 3.05) is 7.05 Å². The van der Waals surface area contributed by atoms with Gasteiger partial charge in [-0.05, 0) is 48.8 Å². The van der Waals surface area contributed by atoms with Crippen LogP contribution in [0.15, 0.2) is 41.0 Å². The Bertz CT molecular complexity index is 929. The average Bonchev–Trinajstić information content (AvgIpc) is 3.14. The number of carbonyl (C=O) groups excluding carboxylic acids is 1. The molecule has 0 spiro atoms. The molecule has 0 bridgehead atoms. The standard InChI is InChI=1S/C19H22BrN5O/c1-5-24-17(16(20)11-21-24)12-23(4)19(26)18-13(2)22-25(14(18)3)15-9-7-6-8-10-15/h6-11H,5,12H2,1-4H3. The van der Waals surface area contributed by atoms with Crippen LogP contribution in [0.3, 0.4) is 0 Å². The molecule has 0 saturated heterocycles. The third-order valence-electron chi connectivity index (χ3n) is 4.44. The molecule has 0 atom stereocenters. The van der Waals surface area contributed by atoms with Gasteiger partial charge in [0.1, 0.15) is 0 Å². The lowest BCUT2D eigenvalue weighted by atomic mass is 10.1. The molecule has 7 heteroatoms. The molecule has 3 aromatic rings. The summed E-state index contributed by atoms with van der Waals surface area (Å²) in [6.45, 7) is 7.07. The maximum atomic E-state index is 13.1. The molecule has 2 aromatic heterocycles. The molecule has 0 aliphatic carbocycles. The summed E-state index contributed by atoms with van der Waals surface area (Å²) in [4.78, 5) is 14.8. The van der Waals surface area contributed by atoms with Gasteiger partial charge in [0.2, 0.25) is 0 Å². The van der Waals surface area contributed by atoms with E-state index in [9.17, 15) is 4.79 Å². The summed E-state index contributed by atoms with van der Waals surface area (Å²) in [6.07, 6.45) is 1.76. The van der Waals surface area contributed by atoms with Gasteiger partial charge in [-0.1, -0.05) is 18.2 Å². The number of para-hydroxylation sites is 1. The molecule has 0 aliphatic heterocycles. The van der Waals surface area contributed by atoms with Crippen molar-refractivity contribution < 1.29 is 4.79 Å². The summed E-state index contributed by atoms with van der Waals surface area (Å²) in [6, 6.07) is 9.85. The maximum absolute atomic E-state index is 13.1. The molecular formula is C19H22BrN5O. The van der Waals surface area contributed by atoms with E-state index < -0.39 is 0 Å². The predicted octanol–water partition coefficient (Wildman–Crippen LogP) is 3.74. The minimum atomic E-state index is -0.0436. The lowest BCUT2D eigenvalue weighted by molar-refractivity contribution is 0.0780. The lowest BCUT2D eigenvalue weighted by Crippen LogP contribution is -2.28. The minimum Gasteiger partial charge on any atom is -0.336 e. The van der Waals surface area contributed by atoms with Gasteiger partial charge in [-0.2, -0.15) is 10.2 Å². The van der Waals surface area contributed by atoms with Crippen LogP contribution in [0, 0.1) is 13.8 Å². The van der Waals surface area contributed by atoms with E-state index in [2.05, 4.69) is 26.1 Å². The number of amides is 1. The van der Waals surface area contributed by atoms with Crippen LogP contribution in [0.1, 0.15) is 34.4 Å². The van der Waals surface area contributed by atoms with Crippen LogP contribution in [-0.4, -0.2) is 37.4 Å². The van der Waals surface area contributed by atoms with Crippen molar-refractivity contribution in [1.82, 2.24) is 24.5 Å². The summed E-state index contributed by atoms with van der Waals surface area (Å²) in [5.41, 5.74) is 4.14. The summed E-state index contributed by atoms with van der Waals surface area (Å²) in [7, 11) is 1.81. The van der Waals surface area contributed by atoms with Gasteiger partial charge in [0.05, 0.1) is 45.5 Å². The van der Waals surface area contributed by atoms with Gasteiger partial charge < -0.3 is 4.90 Å². The molecule has 0 saturated carbocycles. The van der Waals surface area contributed by atoms with E-state index in [0.29, 0.717) is 12.1 Å². The third kappa shape index (κ3) is 3.31. The van der Waals surface area contributed by atoms with Crippen molar-refractivity contribution in [2.24, 2.45) is 0 Å². The fourth-order valence-electron chi connectivity index (χ4n) is 3.08. The number of aryl methyl sites for hydroxylation is 2. The summed E-state index contributed by atoms with van der Waals surface area (Å²) in [5, 5.41) is 8.89. The Morgan fingerprint density at radius 1 is 1.23 bits per heavy atom. The minimum absolute atomic E-state index is 0.0436. The molecule has 26 heavy (non-hydrogen) atoms. The van der Waals surface area contributed by atoms with Gasteiger partial charge in [0.25, 0.3) is 5.91 Å². The predicted molar refractivity (Wildman–Crippen MR) is 104 cm³/mol. The number of nitrogens with zero attached hydrogens (tertiary/aromatic N) is 5. The second-order valence-corrected chi connectivity index (χ2v) is 7.06. The van der Waals surface area contributed by atoms with E-state index in [1.807, 2.05) is 60.5 Å². The first kappa shape index (κ1) is 18.4. The Balaban J connectivity index is 1.90. The zero-order chi connectivity index (χ0) is 18.8. The Morgan fingerprint density at radius 3 is 2.58 bits per heavy atom. The summed E-state index contributed by atoms with van der Waals surface area (Å²) >= 11 is 3.52. The second-order valence-electron chi connectivity index (χ2n) is 6.21. The Morgan fingerprint density at radius 2 is 1.92 bits per heavy atom. The molecule has 136 valence electrons. The van der Waals surface area contributed by atoms with Gasteiger partial charge >= 0.3 is 0 Å². The zero-order valence-corrected chi connectivity index (χ0v) is 17.0. The average molecular weight is 416 g/mol. The van der Waals surface area contributed by atoms with Gasteiger partial charge in [0.15, 0.2) is 0 Å². The molecule has 0 unspecified atom stereocenters. The van der Waals surface area contributed by atoms with Crippen LogP contribution in [0.25, 0.3) is 5.69 Å². The number of halogens is 1. The van der Waals surface area contributed by atoms with Crippen molar-refractivity contribution in [2.45, 2.75) is 33.9 Å². The van der Waals surface area contributed by atoms with Crippen LogP contribution < -0.4 is 0 Å². The Labute approximate surface area is 161 Å². The quantitative estimate of drug-likeness (QED) is 0.637. The Hall–Kier alpha value is -2.41. The van der Waals surface area contributed by atoms with Crippen molar-refractivity contribution in [3.05, 3.63) is 63.6 Å². The molecule has 2 heterocycles. The van der Waals surface area contributed by atoms with Crippen molar-refractivity contribution >= 4 is 21.8 Å². The van der Waals surface area contributed by atoms with E-state index in [0.717, 1.165) is 33.8 Å². The van der Waals surface area contributed by atoms with Crippen LogP contribution in [0.2, 0.25) is 0 Å². The molecule has 3 rings (SSSR count). The number of aromatic nitrogens is 4. The molecule has 0 N–H and O–H groups in total. The highest BCUT2D eigenvalue weighted by atomic mass is 79.9. The summed E-state index contributed by atoms with van der Waals surface area (Å²) in [5.74, 6) is -0.0436. The monoisotopic (exact) mass is 415 g/mol. The SMILES string of the molecule is CCn1ncc(Br)c1CN(C)C(=O)c1c(C)nn(-c2ccccc2)c1C. The van der Waals surface area contributed by atoms with Gasteiger partial charge in [-0.3, -0.25) is 9.48 Å². The van der Waals surface area contributed by atoms with E-state index in [1.54, 1.807) is 18.1 Å². The second kappa shape index (κ2) is 7.45. The molecule has 1 aromatic carbocycles. The highest BCUT2D eigenvalue weighted by molar-refractivity contribution is 9.10. The third-order valence-corrected chi connectivity index (χ3v) is 5.10. The molecule has 1 amide bonds. The van der Waals surface area contributed by atoms with Gasteiger partial charge in [0, 0.05) is 13.6 Å². The number of carbonyl (C=O) groups is 1. The molecule has 6 nitrogen and oxygen atoms in total. The highest BCUT2D eigenvalue weighted by Crippen LogP contribution is 2.22. The fourth-order valence-corrected chi connectivity index (χ4v) is 3.50. The van der Waals surface area contributed by atoms with E-state index in [4.69, 9.17) is 0 Å². The van der Waals surface area contributed by atoms with E-state index >= 15 is 0 Å². The molecule has 0 aliphatic rings. The fraction of sp³-hybridized carbons (Fsp3) is 0.316. The van der Waals surface area contributed by atoms with E-state index in [1.165, 1.54) is 0 Å². The Kier molecular flexibility index (Phi) is 5.27. The number of hydrogen-bond acceptors (Lipinski definition) is 3. The zero-order valence-electron chi connectivity index (χ0n) is 15.4. The first-order valence-electron chi connectivity index (χ1n) is 8.51. The normalized spacial score (nSPS) is 11.0. The molecular weight excluding hydrogens is 394 g/mol. The number of hydrogen-bond donors (Lipinski definition) is 0. The topological polar surface area (TPSA) is 56.0 Å². The van der Waals surface area contributed by atoms with Crippen molar-refractivity contribution in [3.8, 4) is 5.69 Å². The van der Waals surface area contributed by atoms with Crippen molar-refractivity contribution in [1.29, 1.82) is 0 Å². The van der Waals surface area contributed by atoms with E-state index in [-0.39, 0.29) is 5.91 Å². The number of rotatable bonds is 5. The van der Waals surface area contributed by atoms with Gasteiger partial charge in [-0.25, -0.2) is 4.68 Å². The summed E-state index contributed by atoms with van der Waals surface area (Å²) < 4.78 is 4.62.